The Labute approximate surface area is 204 Å². The van der Waals surface area contributed by atoms with Crippen LogP contribution >= 0.6 is 0 Å². The molecule has 2 heterocycles. The number of halogens is 3. The molecule has 188 valence electrons. The van der Waals surface area contributed by atoms with Gasteiger partial charge in [-0.1, -0.05) is 24.3 Å². The fourth-order valence-electron chi connectivity index (χ4n) is 3.22. The average molecular weight is 520 g/mol. The SMILES string of the molecule is CS(=O)(=O)Nc1cc(-c2cccc(OCc3cccc(C(F)(F)F)c3)c2)cnc1OCc1cnco1. The summed E-state index contributed by atoms with van der Waals surface area (Å²) in [5.74, 6) is 0.877. The van der Waals surface area contributed by atoms with E-state index in [0.29, 0.717) is 28.2 Å². The molecule has 0 amide bonds. The van der Waals surface area contributed by atoms with E-state index in [4.69, 9.17) is 13.9 Å². The minimum absolute atomic E-state index is 0.0103. The number of nitrogens with one attached hydrogen (secondary N) is 1. The number of anilines is 1. The molecule has 0 atom stereocenters. The van der Waals surface area contributed by atoms with Crippen LogP contribution in [0.3, 0.4) is 0 Å². The smallest absolute Gasteiger partial charge is 0.416 e. The molecule has 2 aromatic carbocycles. The molecule has 0 unspecified atom stereocenters. The van der Waals surface area contributed by atoms with E-state index in [1.54, 1.807) is 36.4 Å². The zero-order chi connectivity index (χ0) is 25.8. The van der Waals surface area contributed by atoms with Crippen LogP contribution in [0.2, 0.25) is 0 Å². The van der Waals surface area contributed by atoms with Crippen molar-refractivity contribution in [3.05, 3.63) is 90.3 Å². The summed E-state index contributed by atoms with van der Waals surface area (Å²) in [4.78, 5) is 8.02. The van der Waals surface area contributed by atoms with E-state index in [-0.39, 0.29) is 24.8 Å². The number of nitrogens with zero attached hydrogens (tertiary/aromatic N) is 2. The monoisotopic (exact) mass is 519 g/mol. The summed E-state index contributed by atoms with van der Waals surface area (Å²) in [6.07, 6.45) is 0.762. The third-order valence-electron chi connectivity index (χ3n) is 4.81. The van der Waals surface area contributed by atoms with Crippen LogP contribution in [-0.4, -0.2) is 24.6 Å². The molecule has 36 heavy (non-hydrogen) atoms. The summed E-state index contributed by atoms with van der Waals surface area (Å²) in [7, 11) is -3.64. The molecule has 12 heteroatoms. The average Bonchev–Trinajstić information content (AvgIpc) is 3.34. The van der Waals surface area contributed by atoms with Gasteiger partial charge in [-0.3, -0.25) is 4.72 Å². The molecule has 0 aliphatic heterocycles. The van der Waals surface area contributed by atoms with Crippen LogP contribution < -0.4 is 14.2 Å². The van der Waals surface area contributed by atoms with Gasteiger partial charge in [0.25, 0.3) is 0 Å². The first-order valence-corrected chi connectivity index (χ1v) is 12.3. The van der Waals surface area contributed by atoms with Gasteiger partial charge in [0.05, 0.1) is 18.0 Å². The predicted molar refractivity (Wildman–Crippen MR) is 125 cm³/mol. The number of oxazole rings is 1. The highest BCUT2D eigenvalue weighted by Gasteiger charge is 2.30. The highest BCUT2D eigenvalue weighted by atomic mass is 32.2. The lowest BCUT2D eigenvalue weighted by atomic mass is 10.1. The standard InChI is InChI=1S/C24H20F3N3O5S/c1-36(31,32)30-22-10-18(11-29-23(22)34-14-21-12-28-15-35-21)17-5-3-7-20(9-17)33-13-16-4-2-6-19(8-16)24(25,26)27/h2-12,15,30H,13-14H2,1H3. The van der Waals surface area contributed by atoms with Crippen molar-refractivity contribution in [2.75, 3.05) is 11.0 Å². The highest BCUT2D eigenvalue weighted by molar-refractivity contribution is 7.92. The minimum atomic E-state index is -4.44. The molecule has 0 aliphatic rings. The van der Waals surface area contributed by atoms with Crippen molar-refractivity contribution in [2.24, 2.45) is 0 Å². The maximum Gasteiger partial charge on any atom is 0.416 e. The lowest BCUT2D eigenvalue weighted by Crippen LogP contribution is -2.12. The zero-order valence-corrected chi connectivity index (χ0v) is 19.6. The van der Waals surface area contributed by atoms with Crippen molar-refractivity contribution in [1.82, 2.24) is 9.97 Å². The van der Waals surface area contributed by atoms with Gasteiger partial charge in [0.1, 0.15) is 24.7 Å². The third-order valence-corrected chi connectivity index (χ3v) is 5.40. The molecule has 2 aromatic heterocycles. The Bertz CT molecular complexity index is 1440. The maximum absolute atomic E-state index is 12.9. The summed E-state index contributed by atoms with van der Waals surface area (Å²) in [6.45, 7) is -0.0788. The number of sulfonamides is 1. The fourth-order valence-corrected chi connectivity index (χ4v) is 3.77. The van der Waals surface area contributed by atoms with Crippen LogP contribution in [0.15, 0.2) is 77.8 Å². The Balaban J connectivity index is 1.54. The number of pyridine rings is 1. The number of benzene rings is 2. The number of alkyl halides is 3. The normalized spacial score (nSPS) is 11.8. The molecule has 8 nitrogen and oxygen atoms in total. The Morgan fingerprint density at radius 3 is 2.50 bits per heavy atom. The van der Waals surface area contributed by atoms with Crippen LogP contribution in [0.5, 0.6) is 11.6 Å². The Kier molecular flexibility index (Phi) is 7.15. The van der Waals surface area contributed by atoms with Crippen LogP contribution in [0.4, 0.5) is 18.9 Å². The van der Waals surface area contributed by atoms with Crippen LogP contribution in [0.25, 0.3) is 11.1 Å². The van der Waals surface area contributed by atoms with Gasteiger partial charge in [-0.2, -0.15) is 13.2 Å². The van der Waals surface area contributed by atoms with Gasteiger partial charge in [0.2, 0.25) is 15.9 Å². The molecule has 0 saturated heterocycles. The molecule has 0 bridgehead atoms. The Morgan fingerprint density at radius 2 is 1.78 bits per heavy atom. The van der Waals surface area contributed by atoms with Gasteiger partial charge in [0.15, 0.2) is 12.2 Å². The first kappa shape index (κ1) is 25.0. The highest BCUT2D eigenvalue weighted by Crippen LogP contribution is 2.32. The van der Waals surface area contributed by atoms with Crippen molar-refractivity contribution >= 4 is 15.7 Å². The van der Waals surface area contributed by atoms with Gasteiger partial charge in [-0.05, 0) is 41.5 Å². The summed E-state index contributed by atoms with van der Waals surface area (Å²) in [6, 6.07) is 13.2. The summed E-state index contributed by atoms with van der Waals surface area (Å²) in [5, 5.41) is 0. The molecule has 4 aromatic rings. The largest absolute Gasteiger partial charge is 0.489 e. The first-order chi connectivity index (χ1) is 17.1. The molecular formula is C24H20F3N3O5S. The molecule has 4 rings (SSSR count). The molecule has 1 N–H and O–H groups in total. The number of aromatic nitrogens is 2. The second-order valence-corrected chi connectivity index (χ2v) is 9.47. The first-order valence-electron chi connectivity index (χ1n) is 10.4. The predicted octanol–water partition coefficient (Wildman–Crippen LogP) is 5.28. The van der Waals surface area contributed by atoms with Crippen LogP contribution in [0, 0.1) is 0 Å². The van der Waals surface area contributed by atoms with E-state index >= 15 is 0 Å². The van der Waals surface area contributed by atoms with Gasteiger partial charge in [-0.15, -0.1) is 0 Å². The van der Waals surface area contributed by atoms with Crippen molar-refractivity contribution in [2.45, 2.75) is 19.4 Å². The number of ether oxygens (including phenoxy) is 2. The second kappa shape index (κ2) is 10.3. The molecular weight excluding hydrogens is 499 g/mol. The quantitative estimate of drug-likeness (QED) is 0.321. The van der Waals surface area contributed by atoms with Crippen LogP contribution in [0.1, 0.15) is 16.9 Å². The molecule has 0 radical (unpaired) electrons. The van der Waals surface area contributed by atoms with E-state index in [2.05, 4.69) is 14.7 Å². The number of hydrogen-bond donors (Lipinski definition) is 1. The van der Waals surface area contributed by atoms with Crippen molar-refractivity contribution in [3.8, 4) is 22.8 Å². The van der Waals surface area contributed by atoms with Crippen molar-refractivity contribution in [1.29, 1.82) is 0 Å². The summed E-state index contributed by atoms with van der Waals surface area (Å²) >= 11 is 0. The van der Waals surface area contributed by atoms with Gasteiger partial charge >= 0.3 is 6.18 Å². The van der Waals surface area contributed by atoms with Gasteiger partial charge in [0, 0.05) is 11.8 Å². The Hall–Kier alpha value is -4.06. The van der Waals surface area contributed by atoms with Gasteiger partial charge < -0.3 is 13.9 Å². The molecule has 0 spiro atoms. The minimum Gasteiger partial charge on any atom is -0.489 e. The van der Waals surface area contributed by atoms with Crippen LogP contribution in [-0.2, 0) is 29.4 Å². The second-order valence-electron chi connectivity index (χ2n) is 7.72. The lowest BCUT2D eigenvalue weighted by molar-refractivity contribution is -0.137. The molecule has 0 fully saturated rings. The van der Waals surface area contributed by atoms with Gasteiger partial charge in [-0.25, -0.2) is 18.4 Å². The van der Waals surface area contributed by atoms with E-state index < -0.39 is 21.8 Å². The summed E-state index contributed by atoms with van der Waals surface area (Å²) < 4.78 is 81.4. The lowest BCUT2D eigenvalue weighted by Gasteiger charge is -2.13. The molecule has 0 aliphatic carbocycles. The fraction of sp³-hybridized carbons (Fsp3) is 0.167. The topological polar surface area (TPSA) is 104 Å². The van der Waals surface area contributed by atoms with E-state index in [0.717, 1.165) is 18.4 Å². The zero-order valence-electron chi connectivity index (χ0n) is 18.8. The van der Waals surface area contributed by atoms with E-state index in [1.165, 1.54) is 24.9 Å². The number of rotatable bonds is 9. The van der Waals surface area contributed by atoms with Crippen molar-refractivity contribution < 1.29 is 35.5 Å². The number of hydrogen-bond acceptors (Lipinski definition) is 7. The Morgan fingerprint density at radius 1 is 0.972 bits per heavy atom. The van der Waals surface area contributed by atoms with E-state index in [9.17, 15) is 21.6 Å². The van der Waals surface area contributed by atoms with Crippen molar-refractivity contribution in [3.63, 3.8) is 0 Å². The molecule has 0 saturated carbocycles. The maximum atomic E-state index is 12.9. The van der Waals surface area contributed by atoms with E-state index in [1.807, 2.05) is 0 Å². The summed E-state index contributed by atoms with van der Waals surface area (Å²) in [5.41, 5.74) is 0.926. The third kappa shape index (κ3) is 6.75.